The monoisotopic (exact) mass is 260 g/mol. The molecule has 0 radical (unpaired) electrons. The Balaban J connectivity index is 2.02. The maximum atomic E-state index is 13.0. The van der Waals surface area contributed by atoms with Crippen LogP contribution in [0.3, 0.4) is 0 Å². The standard InChI is InChI=1S/C14H13FN2O2/c15-12-6-7-13(14(10-12)17(18)19)16-9-8-11-4-2-1-3-5-11/h1-7,10,16H,8-9H2. The number of anilines is 1. The molecule has 19 heavy (non-hydrogen) atoms. The Bertz CT molecular complexity index is 573. The van der Waals surface area contributed by atoms with Crippen molar-refractivity contribution in [1.82, 2.24) is 0 Å². The maximum absolute atomic E-state index is 13.0. The maximum Gasteiger partial charge on any atom is 0.295 e. The molecule has 0 aromatic heterocycles. The van der Waals surface area contributed by atoms with Crippen LogP contribution in [0.25, 0.3) is 0 Å². The van der Waals surface area contributed by atoms with Crippen LogP contribution in [0.1, 0.15) is 5.56 Å². The van der Waals surface area contributed by atoms with E-state index in [1.165, 1.54) is 12.1 Å². The zero-order valence-electron chi connectivity index (χ0n) is 10.2. The first-order valence-electron chi connectivity index (χ1n) is 5.88. The zero-order valence-corrected chi connectivity index (χ0v) is 10.2. The number of nitrogens with zero attached hydrogens (tertiary/aromatic N) is 1. The van der Waals surface area contributed by atoms with Crippen LogP contribution >= 0.6 is 0 Å². The topological polar surface area (TPSA) is 55.2 Å². The molecule has 0 amide bonds. The molecule has 0 unspecified atom stereocenters. The van der Waals surface area contributed by atoms with E-state index in [1.54, 1.807) is 0 Å². The van der Waals surface area contributed by atoms with Gasteiger partial charge in [-0.1, -0.05) is 30.3 Å². The Kier molecular flexibility index (Phi) is 4.07. The molecule has 0 saturated heterocycles. The summed E-state index contributed by atoms with van der Waals surface area (Å²) in [4.78, 5) is 10.2. The van der Waals surface area contributed by atoms with Gasteiger partial charge in [0.15, 0.2) is 0 Å². The Morgan fingerprint density at radius 2 is 1.89 bits per heavy atom. The van der Waals surface area contributed by atoms with Gasteiger partial charge in [-0.25, -0.2) is 4.39 Å². The fourth-order valence-electron chi connectivity index (χ4n) is 1.79. The van der Waals surface area contributed by atoms with Gasteiger partial charge < -0.3 is 5.32 Å². The third-order valence-electron chi connectivity index (χ3n) is 2.73. The molecule has 0 aliphatic carbocycles. The molecule has 5 heteroatoms. The van der Waals surface area contributed by atoms with E-state index >= 15 is 0 Å². The first kappa shape index (κ1) is 13.0. The van der Waals surface area contributed by atoms with Crippen molar-refractivity contribution in [1.29, 1.82) is 0 Å². The van der Waals surface area contributed by atoms with E-state index in [1.807, 2.05) is 30.3 Å². The van der Waals surface area contributed by atoms with E-state index in [-0.39, 0.29) is 5.69 Å². The minimum absolute atomic E-state index is 0.243. The number of hydrogen-bond donors (Lipinski definition) is 1. The summed E-state index contributed by atoms with van der Waals surface area (Å²) >= 11 is 0. The third kappa shape index (κ3) is 3.51. The summed E-state index contributed by atoms with van der Waals surface area (Å²) in [6, 6.07) is 13.3. The lowest BCUT2D eigenvalue weighted by molar-refractivity contribution is -0.384. The van der Waals surface area contributed by atoms with Crippen LogP contribution in [0, 0.1) is 15.9 Å². The molecule has 0 aliphatic heterocycles. The number of rotatable bonds is 5. The highest BCUT2D eigenvalue weighted by molar-refractivity contribution is 5.61. The van der Waals surface area contributed by atoms with Crippen LogP contribution < -0.4 is 5.32 Å². The Hall–Kier alpha value is -2.43. The second-order valence-electron chi connectivity index (χ2n) is 4.08. The quantitative estimate of drug-likeness (QED) is 0.662. The molecule has 2 rings (SSSR count). The van der Waals surface area contributed by atoms with Crippen LogP contribution in [0.2, 0.25) is 0 Å². The molecule has 0 atom stereocenters. The number of halogens is 1. The van der Waals surface area contributed by atoms with Gasteiger partial charge in [0, 0.05) is 6.54 Å². The van der Waals surface area contributed by atoms with Crippen LogP contribution in [0.5, 0.6) is 0 Å². The van der Waals surface area contributed by atoms with Gasteiger partial charge >= 0.3 is 0 Å². The van der Waals surface area contributed by atoms with Crippen LogP contribution in [0.15, 0.2) is 48.5 Å². The minimum Gasteiger partial charge on any atom is -0.379 e. The van der Waals surface area contributed by atoms with E-state index in [4.69, 9.17) is 0 Å². The zero-order chi connectivity index (χ0) is 13.7. The number of benzene rings is 2. The summed E-state index contributed by atoms with van der Waals surface area (Å²) < 4.78 is 13.0. The Morgan fingerprint density at radius 1 is 1.16 bits per heavy atom. The van der Waals surface area contributed by atoms with Gasteiger partial charge in [-0.15, -0.1) is 0 Å². The predicted molar refractivity (Wildman–Crippen MR) is 71.7 cm³/mol. The van der Waals surface area contributed by atoms with Crippen LogP contribution in [-0.4, -0.2) is 11.5 Å². The van der Waals surface area contributed by atoms with Gasteiger partial charge in [0.05, 0.1) is 11.0 Å². The van der Waals surface area contributed by atoms with Crippen molar-refractivity contribution in [3.63, 3.8) is 0 Å². The second-order valence-corrected chi connectivity index (χ2v) is 4.08. The molecule has 2 aromatic rings. The molecule has 0 saturated carbocycles. The highest BCUT2D eigenvalue weighted by atomic mass is 19.1. The highest BCUT2D eigenvalue weighted by Gasteiger charge is 2.14. The predicted octanol–water partition coefficient (Wildman–Crippen LogP) is 3.39. The van der Waals surface area contributed by atoms with E-state index in [0.29, 0.717) is 12.2 Å². The molecule has 0 spiro atoms. The molecule has 0 bridgehead atoms. The lowest BCUT2D eigenvalue weighted by Crippen LogP contribution is -2.07. The van der Waals surface area contributed by atoms with Gasteiger partial charge in [0.1, 0.15) is 11.5 Å². The first-order chi connectivity index (χ1) is 9.16. The molecule has 98 valence electrons. The molecule has 2 aromatic carbocycles. The fraction of sp³-hybridized carbons (Fsp3) is 0.143. The van der Waals surface area contributed by atoms with Crippen molar-refractivity contribution < 1.29 is 9.31 Å². The Morgan fingerprint density at radius 3 is 2.58 bits per heavy atom. The van der Waals surface area contributed by atoms with Crippen LogP contribution in [-0.2, 0) is 6.42 Å². The van der Waals surface area contributed by atoms with E-state index in [9.17, 15) is 14.5 Å². The summed E-state index contributed by atoms with van der Waals surface area (Å²) in [6.45, 7) is 0.552. The molecule has 0 aliphatic rings. The van der Waals surface area contributed by atoms with Crippen molar-refractivity contribution in [3.8, 4) is 0 Å². The lowest BCUT2D eigenvalue weighted by Gasteiger charge is -2.07. The minimum atomic E-state index is -0.611. The first-order valence-corrected chi connectivity index (χ1v) is 5.88. The number of nitrogens with one attached hydrogen (secondary N) is 1. The molecule has 1 N–H and O–H groups in total. The van der Waals surface area contributed by atoms with Crippen molar-refractivity contribution in [2.24, 2.45) is 0 Å². The van der Waals surface area contributed by atoms with E-state index in [0.717, 1.165) is 18.1 Å². The molecular weight excluding hydrogens is 247 g/mol. The smallest absolute Gasteiger partial charge is 0.295 e. The van der Waals surface area contributed by atoms with Crippen LogP contribution in [0.4, 0.5) is 15.8 Å². The average Bonchev–Trinajstić information content (AvgIpc) is 2.41. The summed E-state index contributed by atoms with van der Waals surface area (Å²) in [6.07, 6.45) is 0.745. The highest BCUT2D eigenvalue weighted by Crippen LogP contribution is 2.24. The number of hydrogen-bond acceptors (Lipinski definition) is 3. The van der Waals surface area contributed by atoms with E-state index in [2.05, 4.69) is 5.32 Å². The van der Waals surface area contributed by atoms with Gasteiger partial charge in [0.25, 0.3) is 5.69 Å². The van der Waals surface area contributed by atoms with Crippen molar-refractivity contribution in [2.45, 2.75) is 6.42 Å². The van der Waals surface area contributed by atoms with Crippen molar-refractivity contribution in [3.05, 3.63) is 70.0 Å². The van der Waals surface area contributed by atoms with Gasteiger partial charge in [0.2, 0.25) is 0 Å². The molecule has 0 fully saturated rings. The normalized spacial score (nSPS) is 10.2. The van der Waals surface area contributed by atoms with Gasteiger partial charge in [-0.3, -0.25) is 10.1 Å². The summed E-state index contributed by atoms with van der Waals surface area (Å²) in [5.74, 6) is -0.611. The van der Waals surface area contributed by atoms with E-state index < -0.39 is 10.7 Å². The number of nitro benzene ring substituents is 1. The lowest BCUT2D eigenvalue weighted by atomic mass is 10.1. The summed E-state index contributed by atoms with van der Waals surface area (Å²) in [5.41, 5.74) is 1.23. The van der Waals surface area contributed by atoms with Crippen molar-refractivity contribution >= 4 is 11.4 Å². The van der Waals surface area contributed by atoms with Gasteiger partial charge in [-0.2, -0.15) is 0 Å². The summed E-state index contributed by atoms with van der Waals surface area (Å²) in [7, 11) is 0. The SMILES string of the molecule is O=[N+]([O-])c1cc(F)ccc1NCCc1ccccc1. The molecular formula is C14H13FN2O2. The van der Waals surface area contributed by atoms with Crippen molar-refractivity contribution in [2.75, 3.05) is 11.9 Å². The largest absolute Gasteiger partial charge is 0.379 e. The molecule has 4 nitrogen and oxygen atoms in total. The van der Waals surface area contributed by atoms with Gasteiger partial charge in [-0.05, 0) is 24.1 Å². The molecule has 0 heterocycles. The average molecular weight is 260 g/mol. The Labute approximate surface area is 110 Å². The summed E-state index contributed by atoms with van der Waals surface area (Å²) in [5, 5.41) is 13.8. The third-order valence-corrected chi connectivity index (χ3v) is 2.73. The fourth-order valence-corrected chi connectivity index (χ4v) is 1.79. The second kappa shape index (κ2) is 5.95. The number of nitro groups is 1.